The molecule has 2 heterocycles. The van der Waals surface area contributed by atoms with Gasteiger partial charge in [-0.3, -0.25) is 9.20 Å². The molecule has 2 aromatic heterocycles. The van der Waals surface area contributed by atoms with Crippen molar-refractivity contribution < 1.29 is 9.90 Å². The van der Waals surface area contributed by atoms with Crippen LogP contribution in [0.5, 0.6) is 0 Å². The lowest BCUT2D eigenvalue weighted by atomic mass is 10.2. The van der Waals surface area contributed by atoms with Crippen LogP contribution < -0.4 is 5.32 Å². The molecule has 0 saturated carbocycles. The quantitative estimate of drug-likeness (QED) is 0.843. The molecule has 2 aromatic rings. The minimum atomic E-state index is -0.329. The standard InChI is InChI=1S/C13H19N3O2S/c1-3-11(17)4-5-14-12(18)6-10-8-19-13-15-9(2)7-16(10)13/h7-8,11,17H,3-6H2,1-2H3,(H,14,18). The Bertz CT molecular complexity index is 561. The number of aryl methyl sites for hydroxylation is 1. The van der Waals surface area contributed by atoms with Gasteiger partial charge in [-0.25, -0.2) is 4.98 Å². The number of aromatic nitrogens is 2. The zero-order valence-corrected chi connectivity index (χ0v) is 12.0. The molecule has 0 radical (unpaired) electrons. The van der Waals surface area contributed by atoms with E-state index in [1.807, 2.05) is 29.8 Å². The number of imidazole rings is 1. The zero-order valence-electron chi connectivity index (χ0n) is 11.2. The van der Waals surface area contributed by atoms with Crippen molar-refractivity contribution in [2.75, 3.05) is 6.54 Å². The molecule has 0 saturated heterocycles. The maximum absolute atomic E-state index is 11.8. The fraction of sp³-hybridized carbons (Fsp3) is 0.538. The van der Waals surface area contributed by atoms with E-state index in [0.717, 1.165) is 22.8 Å². The van der Waals surface area contributed by atoms with Crippen LogP contribution in [0.25, 0.3) is 4.96 Å². The van der Waals surface area contributed by atoms with Crippen molar-refractivity contribution in [1.82, 2.24) is 14.7 Å². The number of aliphatic hydroxyl groups is 1. The normalized spacial score (nSPS) is 12.8. The van der Waals surface area contributed by atoms with Crippen LogP contribution in [0.1, 0.15) is 31.2 Å². The van der Waals surface area contributed by atoms with E-state index in [1.54, 1.807) is 11.3 Å². The Kier molecular flexibility index (Phi) is 4.55. The topological polar surface area (TPSA) is 66.6 Å². The van der Waals surface area contributed by atoms with Crippen LogP contribution in [-0.2, 0) is 11.2 Å². The van der Waals surface area contributed by atoms with Crippen LogP contribution in [0, 0.1) is 6.92 Å². The average molecular weight is 281 g/mol. The predicted molar refractivity (Wildman–Crippen MR) is 75.4 cm³/mol. The van der Waals surface area contributed by atoms with Gasteiger partial charge in [-0.05, 0) is 19.8 Å². The minimum Gasteiger partial charge on any atom is -0.393 e. The molecule has 6 heteroatoms. The number of aliphatic hydroxyl groups excluding tert-OH is 1. The Morgan fingerprint density at radius 3 is 3.16 bits per heavy atom. The van der Waals surface area contributed by atoms with Crippen molar-refractivity contribution in [3.63, 3.8) is 0 Å². The second-order valence-electron chi connectivity index (χ2n) is 4.64. The summed E-state index contributed by atoms with van der Waals surface area (Å²) in [5.74, 6) is -0.0191. The summed E-state index contributed by atoms with van der Waals surface area (Å²) in [6.45, 7) is 4.38. The summed E-state index contributed by atoms with van der Waals surface area (Å²) in [6.07, 6.45) is 3.28. The lowest BCUT2D eigenvalue weighted by molar-refractivity contribution is -0.120. The zero-order chi connectivity index (χ0) is 13.8. The molecule has 0 bridgehead atoms. The van der Waals surface area contributed by atoms with E-state index >= 15 is 0 Å². The molecule has 0 aliphatic carbocycles. The van der Waals surface area contributed by atoms with Gasteiger partial charge in [0.05, 0.1) is 18.2 Å². The fourth-order valence-electron chi connectivity index (χ4n) is 1.88. The van der Waals surface area contributed by atoms with Crippen molar-refractivity contribution >= 4 is 22.2 Å². The van der Waals surface area contributed by atoms with E-state index < -0.39 is 0 Å². The number of carbonyl (C=O) groups is 1. The van der Waals surface area contributed by atoms with Gasteiger partial charge in [-0.2, -0.15) is 0 Å². The second-order valence-corrected chi connectivity index (χ2v) is 5.48. The molecule has 0 aromatic carbocycles. The molecule has 1 atom stereocenters. The number of amides is 1. The number of hydrogen-bond donors (Lipinski definition) is 2. The molecule has 0 aliphatic heterocycles. The fourth-order valence-corrected chi connectivity index (χ4v) is 2.80. The monoisotopic (exact) mass is 281 g/mol. The maximum atomic E-state index is 11.8. The molecule has 2 rings (SSSR count). The summed E-state index contributed by atoms with van der Waals surface area (Å²) >= 11 is 1.54. The molecule has 19 heavy (non-hydrogen) atoms. The van der Waals surface area contributed by atoms with E-state index in [-0.39, 0.29) is 12.0 Å². The van der Waals surface area contributed by atoms with Crippen molar-refractivity contribution in [2.45, 2.75) is 39.2 Å². The first-order chi connectivity index (χ1) is 9.10. The van der Waals surface area contributed by atoms with Crippen LogP contribution in [-0.4, -0.2) is 33.0 Å². The minimum absolute atomic E-state index is 0.0191. The Balaban J connectivity index is 1.88. The summed E-state index contributed by atoms with van der Waals surface area (Å²) in [7, 11) is 0. The Morgan fingerprint density at radius 2 is 2.42 bits per heavy atom. The van der Waals surface area contributed by atoms with E-state index in [0.29, 0.717) is 19.4 Å². The SMILES string of the molecule is CCC(O)CCNC(=O)Cc1csc2nc(C)cn12. The third-order valence-electron chi connectivity index (χ3n) is 3.02. The van der Waals surface area contributed by atoms with E-state index in [9.17, 15) is 9.90 Å². The molecule has 0 aliphatic rings. The van der Waals surface area contributed by atoms with Gasteiger partial charge in [0.15, 0.2) is 4.96 Å². The number of nitrogens with zero attached hydrogens (tertiary/aromatic N) is 2. The average Bonchev–Trinajstić information content (AvgIpc) is 2.90. The highest BCUT2D eigenvalue weighted by atomic mass is 32.1. The summed E-state index contributed by atoms with van der Waals surface area (Å²) in [5.41, 5.74) is 1.91. The van der Waals surface area contributed by atoms with Crippen LogP contribution in [0.4, 0.5) is 0 Å². The number of nitrogens with one attached hydrogen (secondary N) is 1. The van der Waals surface area contributed by atoms with Crippen LogP contribution >= 0.6 is 11.3 Å². The lowest BCUT2D eigenvalue weighted by Gasteiger charge is -2.08. The molecule has 1 unspecified atom stereocenters. The summed E-state index contributed by atoms with van der Waals surface area (Å²) in [5, 5.41) is 14.2. The van der Waals surface area contributed by atoms with Crippen LogP contribution in [0.15, 0.2) is 11.6 Å². The van der Waals surface area contributed by atoms with Gasteiger partial charge in [-0.15, -0.1) is 11.3 Å². The van der Waals surface area contributed by atoms with Gasteiger partial charge in [0, 0.05) is 23.8 Å². The maximum Gasteiger partial charge on any atom is 0.225 e. The Morgan fingerprint density at radius 1 is 1.63 bits per heavy atom. The highest BCUT2D eigenvalue weighted by molar-refractivity contribution is 7.15. The van der Waals surface area contributed by atoms with Crippen molar-refractivity contribution in [3.8, 4) is 0 Å². The number of hydrogen-bond acceptors (Lipinski definition) is 4. The smallest absolute Gasteiger partial charge is 0.225 e. The molecule has 2 N–H and O–H groups in total. The largest absolute Gasteiger partial charge is 0.393 e. The lowest BCUT2D eigenvalue weighted by Crippen LogP contribution is -2.28. The third-order valence-corrected chi connectivity index (χ3v) is 3.91. The van der Waals surface area contributed by atoms with Crippen molar-refractivity contribution in [1.29, 1.82) is 0 Å². The van der Waals surface area contributed by atoms with E-state index in [4.69, 9.17) is 0 Å². The summed E-state index contributed by atoms with van der Waals surface area (Å²) in [4.78, 5) is 17.1. The molecule has 104 valence electrons. The molecular weight excluding hydrogens is 262 g/mol. The second kappa shape index (κ2) is 6.16. The van der Waals surface area contributed by atoms with Crippen LogP contribution in [0.2, 0.25) is 0 Å². The predicted octanol–water partition coefficient (Wildman–Crippen LogP) is 1.52. The third kappa shape index (κ3) is 3.54. The Hall–Kier alpha value is -1.40. The first-order valence-corrected chi connectivity index (χ1v) is 7.35. The molecular formula is C13H19N3O2S. The molecule has 1 amide bonds. The van der Waals surface area contributed by atoms with E-state index in [1.165, 1.54) is 0 Å². The number of carbonyl (C=O) groups excluding carboxylic acids is 1. The van der Waals surface area contributed by atoms with E-state index in [2.05, 4.69) is 10.3 Å². The van der Waals surface area contributed by atoms with Gasteiger partial charge in [0.25, 0.3) is 0 Å². The first kappa shape index (κ1) is 14.0. The van der Waals surface area contributed by atoms with Crippen LogP contribution in [0.3, 0.4) is 0 Å². The highest BCUT2D eigenvalue weighted by Gasteiger charge is 2.10. The molecule has 0 fully saturated rings. The number of rotatable bonds is 6. The van der Waals surface area contributed by atoms with Gasteiger partial charge >= 0.3 is 0 Å². The molecule has 0 spiro atoms. The van der Waals surface area contributed by atoms with Crippen molar-refractivity contribution in [3.05, 3.63) is 23.0 Å². The Labute approximate surface area is 116 Å². The number of thiazole rings is 1. The summed E-state index contributed by atoms with van der Waals surface area (Å²) < 4.78 is 1.96. The van der Waals surface area contributed by atoms with Gasteiger partial charge < -0.3 is 10.4 Å². The van der Waals surface area contributed by atoms with Gasteiger partial charge in [0.2, 0.25) is 5.91 Å². The summed E-state index contributed by atoms with van der Waals surface area (Å²) in [6, 6.07) is 0. The highest BCUT2D eigenvalue weighted by Crippen LogP contribution is 2.16. The number of fused-ring (bicyclic) bond motifs is 1. The van der Waals surface area contributed by atoms with Gasteiger partial charge in [-0.1, -0.05) is 6.92 Å². The first-order valence-electron chi connectivity index (χ1n) is 6.47. The molecule has 5 nitrogen and oxygen atoms in total. The van der Waals surface area contributed by atoms with Gasteiger partial charge in [0.1, 0.15) is 0 Å². The van der Waals surface area contributed by atoms with Crippen molar-refractivity contribution in [2.24, 2.45) is 0 Å².